The summed E-state index contributed by atoms with van der Waals surface area (Å²) in [6, 6.07) is 15.0. The lowest BCUT2D eigenvalue weighted by atomic mass is 10.0. The molecule has 1 aliphatic heterocycles. The molecule has 1 unspecified atom stereocenters. The molecule has 2 heterocycles. The average molecular weight is 452 g/mol. The summed E-state index contributed by atoms with van der Waals surface area (Å²) in [5.41, 5.74) is 1.71. The topological polar surface area (TPSA) is 81.3 Å². The molecule has 166 valence electrons. The number of ether oxygens (including phenoxy) is 2. The Morgan fingerprint density at radius 1 is 1.12 bits per heavy atom. The van der Waals surface area contributed by atoms with E-state index in [0.29, 0.717) is 31.1 Å². The SMILES string of the molecule is CCOc1ccc(C2CC(c3c(O)cc(C)oc3=O)=Nc3ccccc3S2)c(OCC)c1. The van der Waals surface area contributed by atoms with Crippen LogP contribution in [0.2, 0.25) is 0 Å². The number of rotatable bonds is 6. The van der Waals surface area contributed by atoms with E-state index in [-0.39, 0.29) is 16.6 Å². The van der Waals surface area contributed by atoms with Crippen LogP contribution in [0.3, 0.4) is 0 Å². The molecule has 0 aliphatic carbocycles. The molecule has 7 heteroatoms. The van der Waals surface area contributed by atoms with Gasteiger partial charge < -0.3 is 19.0 Å². The molecule has 2 aromatic carbocycles. The first-order valence-corrected chi connectivity index (χ1v) is 11.4. The molecule has 0 bridgehead atoms. The number of aliphatic imine (C=N–C) groups is 1. The van der Waals surface area contributed by atoms with Crippen molar-refractivity contribution >= 4 is 23.2 Å². The van der Waals surface area contributed by atoms with Gasteiger partial charge in [-0.05, 0) is 39.0 Å². The predicted molar refractivity (Wildman–Crippen MR) is 126 cm³/mol. The third-order valence-electron chi connectivity index (χ3n) is 5.05. The summed E-state index contributed by atoms with van der Waals surface area (Å²) in [4.78, 5) is 18.4. The summed E-state index contributed by atoms with van der Waals surface area (Å²) in [6.07, 6.45) is 0.411. The van der Waals surface area contributed by atoms with Crippen LogP contribution in [0.5, 0.6) is 17.2 Å². The van der Waals surface area contributed by atoms with E-state index < -0.39 is 5.63 Å². The quantitative estimate of drug-likeness (QED) is 0.509. The zero-order chi connectivity index (χ0) is 22.7. The number of para-hydroxylation sites is 1. The van der Waals surface area contributed by atoms with Crippen LogP contribution in [0.25, 0.3) is 0 Å². The first-order chi connectivity index (χ1) is 15.5. The average Bonchev–Trinajstić information content (AvgIpc) is 2.93. The lowest BCUT2D eigenvalue weighted by Gasteiger charge is -2.20. The van der Waals surface area contributed by atoms with Gasteiger partial charge in [0.2, 0.25) is 0 Å². The standard InChI is InChI=1S/C25H25NO5S/c1-4-29-16-10-11-17(21(13-16)30-5-2)23-14-19(24-20(27)12-15(3)31-25(24)28)26-18-8-6-7-9-22(18)32-23/h6-13,23,27H,4-5,14H2,1-3H3. The highest BCUT2D eigenvalue weighted by atomic mass is 32.2. The third-order valence-corrected chi connectivity index (χ3v) is 6.36. The van der Waals surface area contributed by atoms with E-state index in [1.54, 1.807) is 18.7 Å². The van der Waals surface area contributed by atoms with Gasteiger partial charge in [-0.3, -0.25) is 4.99 Å². The molecule has 1 N–H and O–H groups in total. The second-order valence-corrected chi connectivity index (χ2v) is 8.55. The number of aromatic hydroxyl groups is 1. The summed E-state index contributed by atoms with van der Waals surface area (Å²) in [5, 5.41) is 10.5. The van der Waals surface area contributed by atoms with Gasteiger partial charge in [0.05, 0.1) is 24.6 Å². The highest BCUT2D eigenvalue weighted by Crippen LogP contribution is 2.48. The normalized spacial score (nSPS) is 15.5. The minimum atomic E-state index is -0.596. The van der Waals surface area contributed by atoms with E-state index in [1.165, 1.54) is 6.07 Å². The number of fused-ring (bicyclic) bond motifs is 1. The molecule has 0 radical (unpaired) electrons. The smallest absolute Gasteiger partial charge is 0.348 e. The second kappa shape index (κ2) is 9.53. The second-order valence-electron chi connectivity index (χ2n) is 7.31. The maximum Gasteiger partial charge on any atom is 0.348 e. The maximum absolute atomic E-state index is 12.7. The predicted octanol–water partition coefficient (Wildman–Crippen LogP) is 5.81. The lowest BCUT2D eigenvalue weighted by Crippen LogP contribution is -2.17. The Kier molecular flexibility index (Phi) is 6.55. The zero-order valence-corrected chi connectivity index (χ0v) is 19.1. The molecule has 1 aromatic heterocycles. The molecule has 3 aromatic rings. The van der Waals surface area contributed by atoms with Gasteiger partial charge in [0.15, 0.2) is 0 Å². The number of thioether (sulfide) groups is 1. The van der Waals surface area contributed by atoms with Crippen molar-refractivity contribution in [3.8, 4) is 17.2 Å². The fraction of sp³-hybridized carbons (Fsp3) is 0.280. The van der Waals surface area contributed by atoms with Crippen molar-refractivity contribution in [1.82, 2.24) is 0 Å². The fourth-order valence-electron chi connectivity index (χ4n) is 3.72. The number of hydrogen-bond acceptors (Lipinski definition) is 7. The van der Waals surface area contributed by atoms with Crippen LogP contribution in [-0.2, 0) is 0 Å². The Bertz CT molecular complexity index is 1220. The van der Waals surface area contributed by atoms with Crippen molar-refractivity contribution in [3.63, 3.8) is 0 Å². The minimum absolute atomic E-state index is 0.0989. The first kappa shape index (κ1) is 22.0. The van der Waals surface area contributed by atoms with Crippen LogP contribution < -0.4 is 15.1 Å². The maximum atomic E-state index is 12.7. The first-order valence-electron chi connectivity index (χ1n) is 10.6. The van der Waals surface area contributed by atoms with E-state index in [1.807, 2.05) is 56.3 Å². The van der Waals surface area contributed by atoms with Gasteiger partial charge in [-0.2, -0.15) is 0 Å². The van der Waals surface area contributed by atoms with Gasteiger partial charge in [0.1, 0.15) is 28.6 Å². The molecule has 0 amide bonds. The monoisotopic (exact) mass is 451 g/mol. The zero-order valence-electron chi connectivity index (χ0n) is 18.3. The van der Waals surface area contributed by atoms with Gasteiger partial charge in [-0.15, -0.1) is 11.8 Å². The number of aryl methyl sites for hydroxylation is 1. The molecule has 0 saturated carbocycles. The van der Waals surface area contributed by atoms with E-state index in [4.69, 9.17) is 18.9 Å². The van der Waals surface area contributed by atoms with Gasteiger partial charge in [-0.25, -0.2) is 4.79 Å². The Balaban J connectivity index is 1.84. The lowest BCUT2D eigenvalue weighted by molar-refractivity contribution is 0.320. The van der Waals surface area contributed by atoms with Gasteiger partial charge in [0, 0.05) is 34.3 Å². The molecule has 6 nitrogen and oxygen atoms in total. The highest BCUT2D eigenvalue weighted by Gasteiger charge is 2.28. The van der Waals surface area contributed by atoms with Crippen molar-refractivity contribution in [2.24, 2.45) is 4.99 Å². The van der Waals surface area contributed by atoms with Crippen molar-refractivity contribution in [3.05, 3.63) is 75.8 Å². The van der Waals surface area contributed by atoms with Crippen molar-refractivity contribution in [2.45, 2.75) is 37.3 Å². The minimum Gasteiger partial charge on any atom is -0.507 e. The molecule has 1 aliphatic rings. The van der Waals surface area contributed by atoms with Gasteiger partial charge >= 0.3 is 5.63 Å². The Hall–Kier alpha value is -3.19. The van der Waals surface area contributed by atoms with E-state index >= 15 is 0 Å². The van der Waals surface area contributed by atoms with Crippen LogP contribution in [0, 0.1) is 6.92 Å². The molecule has 1 atom stereocenters. The summed E-state index contributed by atoms with van der Waals surface area (Å²) in [5.74, 6) is 1.69. The highest BCUT2D eigenvalue weighted by molar-refractivity contribution is 7.99. The number of nitrogens with zero attached hydrogens (tertiary/aromatic N) is 1. The third kappa shape index (κ3) is 4.53. The van der Waals surface area contributed by atoms with Crippen LogP contribution >= 0.6 is 11.8 Å². The molecule has 32 heavy (non-hydrogen) atoms. The fourth-order valence-corrected chi connectivity index (χ4v) is 4.98. The molecule has 4 rings (SSSR count). The van der Waals surface area contributed by atoms with Crippen LogP contribution in [0.1, 0.15) is 42.4 Å². The van der Waals surface area contributed by atoms with Crippen molar-refractivity contribution in [2.75, 3.05) is 13.2 Å². The van der Waals surface area contributed by atoms with Gasteiger partial charge in [0.25, 0.3) is 0 Å². The molecule has 0 saturated heterocycles. The van der Waals surface area contributed by atoms with Crippen LogP contribution in [-0.4, -0.2) is 24.0 Å². The number of hydrogen-bond donors (Lipinski definition) is 1. The van der Waals surface area contributed by atoms with Crippen molar-refractivity contribution < 1.29 is 19.0 Å². The number of benzene rings is 2. The summed E-state index contributed by atoms with van der Waals surface area (Å²) >= 11 is 1.65. The summed E-state index contributed by atoms with van der Waals surface area (Å²) in [6.45, 7) is 6.58. The molecular weight excluding hydrogens is 426 g/mol. The summed E-state index contributed by atoms with van der Waals surface area (Å²) < 4.78 is 16.9. The Labute approximate surface area is 190 Å². The Morgan fingerprint density at radius 2 is 1.91 bits per heavy atom. The molecule has 0 fully saturated rings. The Morgan fingerprint density at radius 3 is 2.66 bits per heavy atom. The largest absolute Gasteiger partial charge is 0.507 e. The van der Waals surface area contributed by atoms with E-state index in [9.17, 15) is 9.90 Å². The molecule has 0 spiro atoms. The van der Waals surface area contributed by atoms with Gasteiger partial charge in [-0.1, -0.05) is 18.2 Å². The van der Waals surface area contributed by atoms with Crippen molar-refractivity contribution in [1.29, 1.82) is 0 Å². The van der Waals surface area contributed by atoms with Crippen LogP contribution in [0.15, 0.2) is 67.6 Å². The van der Waals surface area contributed by atoms with E-state index in [0.717, 1.165) is 27.6 Å². The molecular formula is C25H25NO5S. The van der Waals surface area contributed by atoms with E-state index in [2.05, 4.69) is 0 Å². The van der Waals surface area contributed by atoms with Crippen LogP contribution in [0.4, 0.5) is 5.69 Å². The summed E-state index contributed by atoms with van der Waals surface area (Å²) in [7, 11) is 0.